The summed E-state index contributed by atoms with van der Waals surface area (Å²) in [6, 6.07) is 7.38. The zero-order chi connectivity index (χ0) is 14.5. The van der Waals surface area contributed by atoms with E-state index in [1.807, 2.05) is 32.0 Å². The van der Waals surface area contributed by atoms with Gasteiger partial charge in [0.25, 0.3) is 5.91 Å². The molecule has 20 heavy (non-hydrogen) atoms. The molecule has 2 rings (SSSR count). The number of rotatable bonds is 2. The van der Waals surface area contributed by atoms with Crippen LogP contribution in [0.5, 0.6) is 0 Å². The fraction of sp³-hybridized carbons (Fsp3) is 0.188. The van der Waals surface area contributed by atoms with Crippen molar-refractivity contribution in [1.29, 1.82) is 0 Å². The maximum absolute atomic E-state index is 12.1. The molecule has 4 heteroatoms. The number of aryl methyl sites for hydroxylation is 2. The van der Waals surface area contributed by atoms with E-state index in [4.69, 9.17) is 10.2 Å². The van der Waals surface area contributed by atoms with Crippen molar-refractivity contribution < 1.29 is 9.21 Å². The highest BCUT2D eigenvalue weighted by Gasteiger charge is 2.12. The Morgan fingerprint density at radius 3 is 2.80 bits per heavy atom. The second-order valence-electron chi connectivity index (χ2n) is 4.48. The Bertz CT molecular complexity index is 690. The summed E-state index contributed by atoms with van der Waals surface area (Å²) in [5, 5.41) is 2.81. The van der Waals surface area contributed by atoms with Gasteiger partial charge in [-0.15, -0.1) is 0 Å². The topological polar surface area (TPSA) is 68.3 Å². The Labute approximate surface area is 118 Å². The van der Waals surface area contributed by atoms with Crippen molar-refractivity contribution in [3.05, 3.63) is 53.0 Å². The molecule has 102 valence electrons. The smallest absolute Gasteiger partial charge is 0.291 e. The van der Waals surface area contributed by atoms with Crippen LogP contribution < -0.4 is 11.1 Å². The maximum Gasteiger partial charge on any atom is 0.291 e. The minimum atomic E-state index is -0.268. The first-order chi connectivity index (χ1) is 9.60. The monoisotopic (exact) mass is 268 g/mol. The molecule has 1 heterocycles. The summed E-state index contributed by atoms with van der Waals surface area (Å²) in [5.41, 5.74) is 8.68. The van der Waals surface area contributed by atoms with Crippen LogP contribution in [0.1, 0.15) is 27.2 Å². The summed E-state index contributed by atoms with van der Waals surface area (Å²) in [6.07, 6.45) is 1.50. The SMILES string of the molecule is Cc1cc(C#CCN)cc(NC(=O)c2occc2C)c1. The van der Waals surface area contributed by atoms with E-state index in [9.17, 15) is 4.79 Å². The molecule has 4 nitrogen and oxygen atoms in total. The number of anilines is 1. The third kappa shape index (κ3) is 3.28. The number of carbonyl (C=O) groups excluding carboxylic acids is 1. The molecule has 3 N–H and O–H groups in total. The molecule has 0 bridgehead atoms. The average molecular weight is 268 g/mol. The average Bonchev–Trinajstić information content (AvgIpc) is 2.82. The summed E-state index contributed by atoms with van der Waals surface area (Å²) >= 11 is 0. The molecule has 0 saturated heterocycles. The lowest BCUT2D eigenvalue weighted by molar-refractivity contribution is 0.0996. The number of amides is 1. The van der Waals surface area contributed by atoms with E-state index in [1.165, 1.54) is 6.26 Å². The lowest BCUT2D eigenvalue weighted by Crippen LogP contribution is -2.12. The van der Waals surface area contributed by atoms with Crippen LogP contribution in [0.3, 0.4) is 0 Å². The Balaban J connectivity index is 2.23. The summed E-state index contributed by atoms with van der Waals surface area (Å²) in [7, 11) is 0. The van der Waals surface area contributed by atoms with Gasteiger partial charge in [-0.05, 0) is 43.7 Å². The zero-order valence-corrected chi connectivity index (χ0v) is 11.5. The highest BCUT2D eigenvalue weighted by Crippen LogP contribution is 2.16. The van der Waals surface area contributed by atoms with E-state index in [0.717, 1.165) is 16.7 Å². The summed E-state index contributed by atoms with van der Waals surface area (Å²) in [4.78, 5) is 12.1. The van der Waals surface area contributed by atoms with Gasteiger partial charge in [-0.1, -0.05) is 11.8 Å². The fourth-order valence-corrected chi connectivity index (χ4v) is 1.87. The third-order valence-electron chi connectivity index (χ3n) is 2.74. The fourth-order valence-electron chi connectivity index (χ4n) is 1.87. The zero-order valence-electron chi connectivity index (χ0n) is 11.5. The second kappa shape index (κ2) is 6.09. The van der Waals surface area contributed by atoms with Crippen LogP contribution >= 0.6 is 0 Å². The van der Waals surface area contributed by atoms with E-state index in [0.29, 0.717) is 18.0 Å². The maximum atomic E-state index is 12.1. The minimum absolute atomic E-state index is 0.268. The van der Waals surface area contributed by atoms with E-state index in [1.54, 1.807) is 6.07 Å². The highest BCUT2D eigenvalue weighted by molar-refractivity contribution is 6.03. The normalized spacial score (nSPS) is 9.75. The van der Waals surface area contributed by atoms with Crippen molar-refractivity contribution in [3.8, 4) is 11.8 Å². The lowest BCUT2D eigenvalue weighted by atomic mass is 10.1. The van der Waals surface area contributed by atoms with Crippen LogP contribution in [0.25, 0.3) is 0 Å². The standard InChI is InChI=1S/C16H16N2O2/c1-11-8-13(4-3-6-17)10-14(9-11)18-16(19)15-12(2)5-7-20-15/h5,7-10H,6,17H2,1-2H3,(H,18,19). The molecule has 2 aromatic rings. The molecule has 0 fully saturated rings. The third-order valence-corrected chi connectivity index (χ3v) is 2.74. The summed E-state index contributed by atoms with van der Waals surface area (Å²) in [6.45, 7) is 4.08. The van der Waals surface area contributed by atoms with Crippen molar-refractivity contribution in [1.82, 2.24) is 0 Å². The van der Waals surface area contributed by atoms with E-state index >= 15 is 0 Å². The number of benzene rings is 1. The molecule has 0 spiro atoms. The molecule has 0 aliphatic carbocycles. The summed E-state index contributed by atoms with van der Waals surface area (Å²) in [5.74, 6) is 5.80. The van der Waals surface area contributed by atoms with Crippen LogP contribution in [-0.2, 0) is 0 Å². The molecule has 0 radical (unpaired) electrons. The predicted octanol–water partition coefficient (Wildman–Crippen LogP) is 2.46. The first-order valence-corrected chi connectivity index (χ1v) is 6.26. The molecule has 1 aromatic carbocycles. The molecular weight excluding hydrogens is 252 g/mol. The van der Waals surface area contributed by atoms with E-state index in [-0.39, 0.29) is 5.91 Å². The largest absolute Gasteiger partial charge is 0.459 e. The van der Waals surface area contributed by atoms with Gasteiger partial charge in [0.1, 0.15) is 0 Å². The second-order valence-corrected chi connectivity index (χ2v) is 4.48. The number of carbonyl (C=O) groups is 1. The van der Waals surface area contributed by atoms with Crippen molar-refractivity contribution in [2.45, 2.75) is 13.8 Å². The van der Waals surface area contributed by atoms with Crippen molar-refractivity contribution in [3.63, 3.8) is 0 Å². The minimum Gasteiger partial charge on any atom is -0.459 e. The number of hydrogen-bond acceptors (Lipinski definition) is 3. The molecule has 1 aromatic heterocycles. The van der Waals surface area contributed by atoms with Gasteiger partial charge in [-0.2, -0.15) is 0 Å². The molecule has 0 unspecified atom stereocenters. The number of nitrogens with two attached hydrogens (primary N) is 1. The Hall–Kier alpha value is -2.51. The van der Waals surface area contributed by atoms with Crippen LogP contribution in [0.4, 0.5) is 5.69 Å². The van der Waals surface area contributed by atoms with Gasteiger partial charge in [0, 0.05) is 16.8 Å². The van der Waals surface area contributed by atoms with Gasteiger partial charge in [-0.25, -0.2) is 0 Å². The van der Waals surface area contributed by atoms with Crippen LogP contribution in [-0.4, -0.2) is 12.5 Å². The molecule has 0 aliphatic rings. The van der Waals surface area contributed by atoms with Crippen molar-refractivity contribution in [2.24, 2.45) is 5.73 Å². The van der Waals surface area contributed by atoms with E-state index < -0.39 is 0 Å². The first-order valence-electron chi connectivity index (χ1n) is 6.26. The molecule has 0 atom stereocenters. The number of hydrogen-bond donors (Lipinski definition) is 2. The number of nitrogens with one attached hydrogen (secondary N) is 1. The highest BCUT2D eigenvalue weighted by atomic mass is 16.3. The predicted molar refractivity (Wildman–Crippen MR) is 78.5 cm³/mol. The van der Waals surface area contributed by atoms with Crippen LogP contribution in [0.15, 0.2) is 34.9 Å². The van der Waals surface area contributed by atoms with Crippen LogP contribution in [0.2, 0.25) is 0 Å². The van der Waals surface area contributed by atoms with Gasteiger partial charge < -0.3 is 15.5 Å². The first kappa shape index (κ1) is 13.9. The van der Waals surface area contributed by atoms with Gasteiger partial charge >= 0.3 is 0 Å². The van der Waals surface area contributed by atoms with E-state index in [2.05, 4.69) is 17.2 Å². The Morgan fingerprint density at radius 2 is 2.15 bits per heavy atom. The van der Waals surface area contributed by atoms with Crippen molar-refractivity contribution in [2.75, 3.05) is 11.9 Å². The van der Waals surface area contributed by atoms with Gasteiger partial charge in [0.15, 0.2) is 5.76 Å². The van der Waals surface area contributed by atoms with Crippen molar-refractivity contribution >= 4 is 11.6 Å². The molecule has 1 amide bonds. The van der Waals surface area contributed by atoms with Crippen LogP contribution in [0, 0.1) is 25.7 Å². The number of furan rings is 1. The Morgan fingerprint density at radius 1 is 1.35 bits per heavy atom. The summed E-state index contributed by atoms with van der Waals surface area (Å²) < 4.78 is 5.17. The van der Waals surface area contributed by atoms with Gasteiger partial charge in [0.2, 0.25) is 0 Å². The lowest BCUT2D eigenvalue weighted by Gasteiger charge is -2.06. The van der Waals surface area contributed by atoms with Gasteiger partial charge in [0.05, 0.1) is 12.8 Å². The van der Waals surface area contributed by atoms with Gasteiger partial charge in [-0.3, -0.25) is 4.79 Å². The Kier molecular flexibility index (Phi) is 4.24. The molecule has 0 aliphatic heterocycles. The molecule has 0 saturated carbocycles. The quantitative estimate of drug-likeness (QED) is 0.822. The molecular formula is C16H16N2O2.